The molecule has 2 aromatic carbocycles. The van der Waals surface area contributed by atoms with Gasteiger partial charge in [0.15, 0.2) is 0 Å². The molecule has 0 fully saturated rings. The molecule has 0 saturated heterocycles. The van der Waals surface area contributed by atoms with Crippen LogP contribution in [0, 0.1) is 19.7 Å². The van der Waals surface area contributed by atoms with Crippen LogP contribution < -0.4 is 10.5 Å². The maximum atomic E-state index is 12.9. The first-order valence-corrected chi connectivity index (χ1v) is 7.90. The summed E-state index contributed by atoms with van der Waals surface area (Å²) in [4.78, 5) is 0.187. The predicted molar refractivity (Wildman–Crippen MR) is 81.0 cm³/mol. The average molecular weight is 308 g/mol. The van der Waals surface area contributed by atoms with Crippen molar-refractivity contribution < 1.29 is 12.8 Å². The van der Waals surface area contributed by atoms with Gasteiger partial charge in [-0.2, -0.15) is 0 Å². The van der Waals surface area contributed by atoms with Crippen LogP contribution in [0.15, 0.2) is 41.3 Å². The van der Waals surface area contributed by atoms with E-state index >= 15 is 0 Å². The summed E-state index contributed by atoms with van der Waals surface area (Å²) in [5.74, 6) is -0.421. The molecule has 21 heavy (non-hydrogen) atoms. The fourth-order valence-corrected chi connectivity index (χ4v) is 3.45. The van der Waals surface area contributed by atoms with Crippen LogP contribution in [0.5, 0.6) is 0 Å². The minimum absolute atomic E-state index is 0.187. The SMILES string of the molecule is Cc1cc(CN)cc(S(=O)(=O)Nc2ccc(F)cc2)c1C. The van der Waals surface area contributed by atoms with Crippen LogP contribution in [0.4, 0.5) is 10.1 Å². The molecule has 0 bridgehead atoms. The number of halogens is 1. The van der Waals surface area contributed by atoms with Gasteiger partial charge in [0.2, 0.25) is 0 Å². The Kier molecular flexibility index (Phi) is 4.29. The number of aryl methyl sites for hydroxylation is 1. The summed E-state index contributed by atoms with van der Waals surface area (Å²) < 4.78 is 40.3. The number of hydrogen-bond acceptors (Lipinski definition) is 3. The predicted octanol–water partition coefficient (Wildman–Crippen LogP) is 2.70. The molecule has 0 spiro atoms. The zero-order valence-electron chi connectivity index (χ0n) is 11.9. The first-order valence-electron chi connectivity index (χ1n) is 6.42. The smallest absolute Gasteiger partial charge is 0.262 e. The summed E-state index contributed by atoms with van der Waals surface area (Å²) in [5.41, 5.74) is 8.18. The summed E-state index contributed by atoms with van der Waals surface area (Å²) in [7, 11) is -3.74. The Hall–Kier alpha value is -1.92. The van der Waals surface area contributed by atoms with Gasteiger partial charge in [0.05, 0.1) is 4.90 Å². The number of nitrogens with one attached hydrogen (secondary N) is 1. The quantitative estimate of drug-likeness (QED) is 0.912. The number of sulfonamides is 1. The van der Waals surface area contributed by atoms with Crippen molar-refractivity contribution in [2.45, 2.75) is 25.3 Å². The molecule has 0 atom stereocenters. The fourth-order valence-electron chi connectivity index (χ4n) is 2.02. The molecular weight excluding hydrogens is 291 g/mol. The van der Waals surface area contributed by atoms with E-state index < -0.39 is 15.8 Å². The highest BCUT2D eigenvalue weighted by atomic mass is 32.2. The fraction of sp³-hybridized carbons (Fsp3) is 0.200. The van der Waals surface area contributed by atoms with Crippen molar-refractivity contribution in [3.8, 4) is 0 Å². The first kappa shape index (κ1) is 15.5. The monoisotopic (exact) mass is 308 g/mol. The van der Waals surface area contributed by atoms with E-state index in [0.29, 0.717) is 11.3 Å². The molecule has 0 unspecified atom stereocenters. The van der Waals surface area contributed by atoms with Crippen LogP contribution in [0.3, 0.4) is 0 Å². The van der Waals surface area contributed by atoms with Crippen LogP contribution in [-0.2, 0) is 16.6 Å². The van der Waals surface area contributed by atoms with Crippen molar-refractivity contribution in [2.75, 3.05) is 4.72 Å². The molecule has 4 nitrogen and oxygen atoms in total. The van der Waals surface area contributed by atoms with E-state index in [9.17, 15) is 12.8 Å². The molecule has 0 amide bonds. The minimum atomic E-state index is -3.74. The van der Waals surface area contributed by atoms with Gasteiger partial charge in [0.25, 0.3) is 10.0 Å². The molecule has 0 saturated carbocycles. The second-order valence-corrected chi connectivity index (χ2v) is 6.50. The Morgan fingerprint density at radius 1 is 1.14 bits per heavy atom. The van der Waals surface area contributed by atoms with Gasteiger partial charge in [-0.1, -0.05) is 6.07 Å². The number of rotatable bonds is 4. The van der Waals surface area contributed by atoms with Crippen LogP contribution in [0.25, 0.3) is 0 Å². The largest absolute Gasteiger partial charge is 0.326 e. The normalized spacial score (nSPS) is 11.4. The molecule has 6 heteroatoms. The number of nitrogens with two attached hydrogens (primary N) is 1. The van der Waals surface area contributed by atoms with Gasteiger partial charge < -0.3 is 5.73 Å². The summed E-state index contributed by atoms with van der Waals surface area (Å²) in [6.45, 7) is 3.85. The lowest BCUT2D eigenvalue weighted by Gasteiger charge is -2.13. The van der Waals surface area contributed by atoms with Gasteiger partial charge >= 0.3 is 0 Å². The van der Waals surface area contributed by atoms with E-state index in [1.807, 2.05) is 13.0 Å². The van der Waals surface area contributed by atoms with E-state index in [-0.39, 0.29) is 11.4 Å². The molecule has 3 N–H and O–H groups in total. The highest BCUT2D eigenvalue weighted by Crippen LogP contribution is 2.23. The molecule has 0 heterocycles. The first-order chi connectivity index (χ1) is 9.83. The van der Waals surface area contributed by atoms with E-state index in [4.69, 9.17) is 5.73 Å². The Labute approximate surface area is 123 Å². The van der Waals surface area contributed by atoms with Crippen molar-refractivity contribution in [2.24, 2.45) is 5.73 Å². The maximum Gasteiger partial charge on any atom is 0.262 e. The Morgan fingerprint density at radius 2 is 1.76 bits per heavy atom. The van der Waals surface area contributed by atoms with Gasteiger partial charge in [-0.3, -0.25) is 4.72 Å². The van der Waals surface area contributed by atoms with E-state index in [1.54, 1.807) is 13.0 Å². The highest BCUT2D eigenvalue weighted by Gasteiger charge is 2.19. The Morgan fingerprint density at radius 3 is 2.33 bits per heavy atom. The Balaban J connectivity index is 2.44. The van der Waals surface area contributed by atoms with Gasteiger partial charge in [-0.05, 0) is 60.9 Å². The number of anilines is 1. The second kappa shape index (κ2) is 5.83. The van der Waals surface area contributed by atoms with E-state index in [1.165, 1.54) is 24.3 Å². The van der Waals surface area contributed by atoms with Crippen molar-refractivity contribution in [1.29, 1.82) is 0 Å². The van der Waals surface area contributed by atoms with Gasteiger partial charge in [0.1, 0.15) is 5.82 Å². The standard InChI is InChI=1S/C15H17FN2O2S/c1-10-7-12(9-17)8-15(11(10)2)21(19,20)18-14-5-3-13(16)4-6-14/h3-8,18H,9,17H2,1-2H3. The van der Waals surface area contributed by atoms with Crippen LogP contribution in [0.2, 0.25) is 0 Å². The number of benzene rings is 2. The van der Waals surface area contributed by atoms with Crippen molar-refractivity contribution >= 4 is 15.7 Å². The molecule has 0 aromatic heterocycles. The highest BCUT2D eigenvalue weighted by molar-refractivity contribution is 7.92. The van der Waals surface area contributed by atoms with Gasteiger partial charge in [-0.15, -0.1) is 0 Å². The molecular formula is C15H17FN2O2S. The molecule has 0 aliphatic heterocycles. The third-order valence-corrected chi connectivity index (χ3v) is 4.81. The summed E-state index contributed by atoms with van der Waals surface area (Å²) in [6, 6.07) is 8.59. The van der Waals surface area contributed by atoms with Gasteiger partial charge in [-0.25, -0.2) is 12.8 Å². The molecule has 112 valence electrons. The molecule has 0 aliphatic carbocycles. The molecule has 0 radical (unpaired) electrons. The van der Waals surface area contributed by atoms with Crippen LogP contribution in [-0.4, -0.2) is 8.42 Å². The third-order valence-electron chi connectivity index (χ3n) is 3.30. The zero-order valence-corrected chi connectivity index (χ0v) is 12.7. The summed E-state index contributed by atoms with van der Waals surface area (Å²) >= 11 is 0. The lowest BCUT2D eigenvalue weighted by molar-refractivity contribution is 0.600. The van der Waals surface area contributed by atoms with Crippen molar-refractivity contribution in [1.82, 2.24) is 0 Å². The number of hydrogen-bond donors (Lipinski definition) is 2. The molecule has 2 aromatic rings. The van der Waals surface area contributed by atoms with Crippen molar-refractivity contribution in [3.63, 3.8) is 0 Å². The lowest BCUT2D eigenvalue weighted by Crippen LogP contribution is -2.15. The zero-order chi connectivity index (χ0) is 15.6. The van der Waals surface area contributed by atoms with E-state index in [0.717, 1.165) is 11.1 Å². The average Bonchev–Trinajstić information content (AvgIpc) is 2.43. The summed E-state index contributed by atoms with van der Waals surface area (Å²) in [5, 5.41) is 0. The van der Waals surface area contributed by atoms with Crippen molar-refractivity contribution in [3.05, 3.63) is 58.9 Å². The van der Waals surface area contributed by atoms with Crippen LogP contribution >= 0.6 is 0 Å². The molecule has 0 aliphatic rings. The van der Waals surface area contributed by atoms with Gasteiger partial charge in [0, 0.05) is 12.2 Å². The Bertz CT molecular complexity index is 756. The minimum Gasteiger partial charge on any atom is -0.326 e. The third kappa shape index (κ3) is 3.40. The molecule has 2 rings (SSSR count). The summed E-state index contributed by atoms with van der Waals surface area (Å²) in [6.07, 6.45) is 0. The van der Waals surface area contributed by atoms with E-state index in [2.05, 4.69) is 4.72 Å². The van der Waals surface area contributed by atoms with Crippen LogP contribution in [0.1, 0.15) is 16.7 Å². The maximum absolute atomic E-state index is 12.9. The topological polar surface area (TPSA) is 72.2 Å². The second-order valence-electron chi connectivity index (χ2n) is 4.85. The lowest BCUT2D eigenvalue weighted by atomic mass is 10.1.